The Hall–Kier alpha value is -2.52. The van der Waals surface area contributed by atoms with Crippen LogP contribution in [-0.4, -0.2) is 24.3 Å². The maximum absolute atomic E-state index is 12.6. The summed E-state index contributed by atoms with van der Waals surface area (Å²) in [6.45, 7) is 1.46. The number of Topliss-reactive ketones (excluding diaryl/α,β-unsaturated/α-hetero) is 1. The van der Waals surface area contributed by atoms with Gasteiger partial charge in [0.1, 0.15) is 4.21 Å². The first-order valence-electron chi connectivity index (χ1n) is 8.99. The molecule has 0 saturated heterocycles. The van der Waals surface area contributed by atoms with Crippen molar-refractivity contribution in [3.05, 3.63) is 47.2 Å². The summed E-state index contributed by atoms with van der Waals surface area (Å²) >= 11 is 1.09. The van der Waals surface area contributed by atoms with Gasteiger partial charge in [0, 0.05) is 28.1 Å². The molecule has 1 aliphatic rings. The molecule has 0 unspecified atom stereocenters. The third-order valence-electron chi connectivity index (χ3n) is 4.79. The van der Waals surface area contributed by atoms with Crippen molar-refractivity contribution in [1.29, 1.82) is 0 Å². The van der Waals surface area contributed by atoms with Crippen LogP contribution in [0.15, 0.2) is 44.4 Å². The molecule has 2 aromatic heterocycles. The molecule has 1 aliphatic carbocycles. The van der Waals surface area contributed by atoms with E-state index in [0.717, 1.165) is 24.2 Å². The number of carbonyl (C=O) groups is 1. The fraction of sp³-hybridized carbons (Fsp3) is 0.316. The highest BCUT2D eigenvalue weighted by Gasteiger charge is 2.24. The lowest BCUT2D eigenvalue weighted by molar-refractivity contribution is 0.101. The first-order chi connectivity index (χ1) is 13.4. The van der Waals surface area contributed by atoms with Crippen molar-refractivity contribution in [2.75, 3.05) is 4.72 Å². The number of benzene rings is 1. The van der Waals surface area contributed by atoms with Crippen LogP contribution >= 0.6 is 11.3 Å². The molecule has 4 rings (SSSR count). The summed E-state index contributed by atoms with van der Waals surface area (Å²) in [6.07, 6.45) is 4.44. The Bertz CT molecular complexity index is 1090. The number of nitrogens with zero attached hydrogens (tertiary/aromatic N) is 2. The molecule has 146 valence electrons. The van der Waals surface area contributed by atoms with Crippen LogP contribution in [0.5, 0.6) is 0 Å². The van der Waals surface area contributed by atoms with Gasteiger partial charge in [-0.2, -0.15) is 4.98 Å². The molecule has 9 heteroatoms. The Labute approximate surface area is 166 Å². The third kappa shape index (κ3) is 3.85. The van der Waals surface area contributed by atoms with Crippen LogP contribution in [-0.2, 0) is 10.0 Å². The number of carbonyl (C=O) groups excluding carboxylic acids is 1. The first kappa shape index (κ1) is 18.8. The maximum Gasteiger partial charge on any atom is 0.271 e. The quantitative estimate of drug-likeness (QED) is 0.594. The van der Waals surface area contributed by atoms with E-state index in [9.17, 15) is 13.2 Å². The summed E-state index contributed by atoms with van der Waals surface area (Å²) in [5, 5.41) is 5.72. The molecule has 7 nitrogen and oxygen atoms in total. The van der Waals surface area contributed by atoms with Gasteiger partial charge in [-0.1, -0.05) is 18.0 Å². The Morgan fingerprint density at radius 2 is 1.93 bits per heavy atom. The summed E-state index contributed by atoms with van der Waals surface area (Å²) < 4.78 is 33.4. The van der Waals surface area contributed by atoms with E-state index in [1.54, 1.807) is 35.7 Å². The highest BCUT2D eigenvalue weighted by Crippen LogP contribution is 2.35. The van der Waals surface area contributed by atoms with Crippen molar-refractivity contribution < 1.29 is 17.7 Å². The fourth-order valence-corrected chi connectivity index (χ4v) is 5.46. The number of hydrogen-bond donors (Lipinski definition) is 1. The second kappa shape index (κ2) is 7.48. The second-order valence-corrected chi connectivity index (χ2v) is 9.65. The molecular formula is C19H19N3O4S2. The molecule has 0 spiro atoms. The molecule has 3 aromatic rings. The van der Waals surface area contributed by atoms with Crippen LogP contribution in [0.3, 0.4) is 0 Å². The lowest BCUT2D eigenvalue weighted by Crippen LogP contribution is -2.11. The van der Waals surface area contributed by atoms with Gasteiger partial charge in [0.25, 0.3) is 10.0 Å². The average Bonchev–Trinajstić information content (AvgIpc) is 3.40. The molecule has 0 amide bonds. The largest absolute Gasteiger partial charge is 0.339 e. The molecule has 28 heavy (non-hydrogen) atoms. The zero-order valence-corrected chi connectivity index (χ0v) is 16.8. The van der Waals surface area contributed by atoms with Gasteiger partial charge in [-0.05, 0) is 50.1 Å². The highest BCUT2D eigenvalue weighted by atomic mass is 32.2. The number of rotatable bonds is 6. The number of nitrogens with one attached hydrogen (secondary N) is 1. The van der Waals surface area contributed by atoms with Crippen LogP contribution in [0, 0.1) is 0 Å². The van der Waals surface area contributed by atoms with Gasteiger partial charge in [-0.25, -0.2) is 8.42 Å². The van der Waals surface area contributed by atoms with Crippen molar-refractivity contribution in [2.24, 2.45) is 0 Å². The number of ketones is 1. The third-order valence-corrected chi connectivity index (χ3v) is 7.61. The van der Waals surface area contributed by atoms with Gasteiger partial charge < -0.3 is 4.52 Å². The minimum absolute atomic E-state index is 0.0746. The summed E-state index contributed by atoms with van der Waals surface area (Å²) in [7, 11) is -3.75. The molecule has 1 N–H and O–H groups in total. The van der Waals surface area contributed by atoms with Crippen molar-refractivity contribution in [2.45, 2.75) is 42.7 Å². The minimum Gasteiger partial charge on any atom is -0.339 e. The van der Waals surface area contributed by atoms with E-state index in [1.807, 2.05) is 0 Å². The molecule has 0 bridgehead atoms. The predicted molar refractivity (Wildman–Crippen MR) is 106 cm³/mol. The SMILES string of the molecule is CC(=O)c1ccc(NS(=O)(=O)c2cc(-c3noc(C4CCCC4)n3)cs2)cc1. The Kier molecular flexibility index (Phi) is 5.03. The molecule has 1 saturated carbocycles. The Morgan fingerprint density at radius 3 is 2.61 bits per heavy atom. The molecule has 1 aromatic carbocycles. The number of thiophene rings is 1. The van der Waals surface area contributed by atoms with E-state index >= 15 is 0 Å². The molecule has 1 fully saturated rings. The maximum atomic E-state index is 12.6. The van der Waals surface area contributed by atoms with E-state index in [4.69, 9.17) is 4.52 Å². The normalized spacial score (nSPS) is 15.0. The van der Waals surface area contributed by atoms with Gasteiger partial charge >= 0.3 is 0 Å². The number of anilines is 1. The molecule has 0 atom stereocenters. The Morgan fingerprint density at radius 1 is 1.21 bits per heavy atom. The molecule has 0 radical (unpaired) electrons. The number of hydrogen-bond acceptors (Lipinski definition) is 7. The zero-order valence-electron chi connectivity index (χ0n) is 15.2. The van der Waals surface area contributed by atoms with E-state index in [1.165, 1.54) is 19.8 Å². The predicted octanol–water partition coefficient (Wildman–Crippen LogP) is 4.46. The van der Waals surface area contributed by atoms with Crippen LogP contribution in [0.25, 0.3) is 11.4 Å². The van der Waals surface area contributed by atoms with Gasteiger partial charge in [-0.3, -0.25) is 9.52 Å². The van der Waals surface area contributed by atoms with E-state index in [-0.39, 0.29) is 9.99 Å². The Balaban J connectivity index is 1.52. The minimum atomic E-state index is -3.75. The lowest BCUT2D eigenvalue weighted by Gasteiger charge is -2.06. The number of sulfonamides is 1. The van der Waals surface area contributed by atoms with E-state index < -0.39 is 10.0 Å². The summed E-state index contributed by atoms with van der Waals surface area (Å²) in [4.78, 5) is 15.8. The molecular weight excluding hydrogens is 398 g/mol. The second-order valence-electron chi connectivity index (χ2n) is 6.83. The lowest BCUT2D eigenvalue weighted by atomic mass is 10.1. The zero-order chi connectivity index (χ0) is 19.7. The van der Waals surface area contributed by atoms with E-state index in [2.05, 4.69) is 14.9 Å². The highest BCUT2D eigenvalue weighted by molar-refractivity contribution is 7.94. The van der Waals surface area contributed by atoms with Gasteiger partial charge in [0.15, 0.2) is 5.78 Å². The van der Waals surface area contributed by atoms with Crippen LogP contribution < -0.4 is 4.72 Å². The summed E-state index contributed by atoms with van der Waals surface area (Å²) in [6, 6.07) is 7.85. The fourth-order valence-electron chi connectivity index (χ4n) is 3.24. The topological polar surface area (TPSA) is 102 Å². The number of aromatic nitrogens is 2. The summed E-state index contributed by atoms with van der Waals surface area (Å²) in [5.41, 5.74) is 1.53. The summed E-state index contributed by atoms with van der Waals surface area (Å²) in [5.74, 6) is 1.27. The van der Waals surface area contributed by atoms with Crippen LogP contribution in [0.2, 0.25) is 0 Å². The molecule has 0 aliphatic heterocycles. The van der Waals surface area contributed by atoms with E-state index in [0.29, 0.717) is 34.4 Å². The first-order valence-corrected chi connectivity index (χ1v) is 11.3. The smallest absolute Gasteiger partial charge is 0.271 e. The van der Waals surface area contributed by atoms with Gasteiger partial charge in [-0.15, -0.1) is 11.3 Å². The monoisotopic (exact) mass is 417 g/mol. The average molecular weight is 418 g/mol. The van der Waals surface area contributed by atoms with Crippen LogP contribution in [0.4, 0.5) is 5.69 Å². The molecule has 2 heterocycles. The van der Waals surface area contributed by atoms with Gasteiger partial charge in [0.05, 0.1) is 0 Å². The van der Waals surface area contributed by atoms with Crippen molar-refractivity contribution >= 4 is 32.8 Å². The van der Waals surface area contributed by atoms with Gasteiger partial charge in [0.2, 0.25) is 11.7 Å². The van der Waals surface area contributed by atoms with Crippen LogP contribution in [0.1, 0.15) is 54.8 Å². The van der Waals surface area contributed by atoms with Crippen molar-refractivity contribution in [1.82, 2.24) is 10.1 Å². The van der Waals surface area contributed by atoms with Crippen molar-refractivity contribution in [3.8, 4) is 11.4 Å². The van der Waals surface area contributed by atoms with Crippen molar-refractivity contribution in [3.63, 3.8) is 0 Å². The standard InChI is InChI=1S/C19H19N3O4S2/c1-12(23)13-6-8-16(9-7-13)22-28(24,25)17-10-15(11-27-17)18-20-19(26-21-18)14-4-2-3-5-14/h6-11,14,22H,2-5H2,1H3.